The molecule has 0 amide bonds. The molecule has 0 unspecified atom stereocenters. The molecule has 2 aromatic rings. The fourth-order valence-electron chi connectivity index (χ4n) is 4.07. The summed E-state index contributed by atoms with van der Waals surface area (Å²) in [6, 6.07) is 5.41. The molecule has 0 fully saturated rings. The van der Waals surface area contributed by atoms with Gasteiger partial charge in [0.25, 0.3) is 0 Å². The average molecular weight is 472 g/mol. The van der Waals surface area contributed by atoms with E-state index in [1.807, 2.05) is 30.5 Å². The number of pyridine rings is 1. The first-order chi connectivity index (χ1) is 16.3. The number of methoxy groups -OCH3 is 1. The van der Waals surface area contributed by atoms with Crippen molar-refractivity contribution in [2.24, 2.45) is 5.92 Å². The Bertz CT molecular complexity index is 1070. The van der Waals surface area contributed by atoms with Gasteiger partial charge >= 0.3 is 5.97 Å². The molecular formula is C27H37NO6. The van der Waals surface area contributed by atoms with Crippen LogP contribution in [0.3, 0.4) is 0 Å². The lowest BCUT2D eigenvalue weighted by Gasteiger charge is -2.34. The Morgan fingerprint density at radius 2 is 1.85 bits per heavy atom. The van der Waals surface area contributed by atoms with Gasteiger partial charge in [-0.1, -0.05) is 27.7 Å². The highest BCUT2D eigenvalue weighted by molar-refractivity contribution is 5.89. The van der Waals surface area contributed by atoms with Crippen LogP contribution >= 0.6 is 0 Å². The van der Waals surface area contributed by atoms with Crippen LogP contribution in [0.5, 0.6) is 11.5 Å². The lowest BCUT2D eigenvalue weighted by Crippen LogP contribution is -2.28. The van der Waals surface area contributed by atoms with E-state index in [0.29, 0.717) is 30.9 Å². The highest BCUT2D eigenvalue weighted by atomic mass is 16.5. The van der Waals surface area contributed by atoms with E-state index in [-0.39, 0.29) is 35.3 Å². The van der Waals surface area contributed by atoms with Crippen molar-refractivity contribution in [3.63, 3.8) is 0 Å². The maximum Gasteiger partial charge on any atom is 0.343 e. The van der Waals surface area contributed by atoms with Gasteiger partial charge in [-0.2, -0.15) is 0 Å². The van der Waals surface area contributed by atoms with E-state index >= 15 is 0 Å². The molecule has 1 atom stereocenters. The molecule has 1 aliphatic rings. The third-order valence-corrected chi connectivity index (χ3v) is 5.73. The predicted molar refractivity (Wildman–Crippen MR) is 133 cm³/mol. The Kier molecular flexibility index (Phi) is 9.90. The number of aromatic nitrogens is 1. The first-order valence-corrected chi connectivity index (χ1v) is 12.0. The lowest BCUT2D eigenvalue weighted by molar-refractivity contribution is -0.117. The number of hydrogen-bond donors (Lipinski definition) is 0. The standard InChI is InChI=1S/C25H31NO6.C2H6/c1-6-31-25(29)19-14-26-20(15(2)3)10-17-11-24(32-9-7-8-16(4)27)23(30-5)12-18(17)21(26)13-22(19)28;1-2/h11-15,20H,6-10H2,1-5H3;1-2H3/t20-;/m0./s1. The van der Waals surface area contributed by atoms with Gasteiger partial charge in [-0.15, -0.1) is 0 Å². The number of benzene rings is 1. The second-order valence-electron chi connectivity index (χ2n) is 8.39. The van der Waals surface area contributed by atoms with Crippen molar-refractivity contribution in [1.82, 2.24) is 4.57 Å². The number of carbonyl (C=O) groups excluding carboxylic acids is 2. The van der Waals surface area contributed by atoms with E-state index in [0.717, 1.165) is 23.2 Å². The third-order valence-electron chi connectivity index (χ3n) is 5.73. The van der Waals surface area contributed by atoms with Crippen LogP contribution in [0.4, 0.5) is 0 Å². The van der Waals surface area contributed by atoms with Gasteiger partial charge < -0.3 is 23.6 Å². The summed E-state index contributed by atoms with van der Waals surface area (Å²) in [4.78, 5) is 36.2. The fourth-order valence-corrected chi connectivity index (χ4v) is 4.07. The third kappa shape index (κ3) is 6.07. The topological polar surface area (TPSA) is 83.8 Å². The first kappa shape index (κ1) is 27.2. The summed E-state index contributed by atoms with van der Waals surface area (Å²) < 4.78 is 18.5. The Balaban J connectivity index is 0.00000199. The molecular weight excluding hydrogens is 434 g/mol. The van der Waals surface area contributed by atoms with E-state index in [9.17, 15) is 14.4 Å². The zero-order chi connectivity index (χ0) is 25.4. The second kappa shape index (κ2) is 12.4. The van der Waals surface area contributed by atoms with Gasteiger partial charge in [0.2, 0.25) is 0 Å². The summed E-state index contributed by atoms with van der Waals surface area (Å²) in [5.41, 5.74) is 2.34. The average Bonchev–Trinajstić information content (AvgIpc) is 2.81. The van der Waals surface area contributed by atoms with Crippen molar-refractivity contribution in [1.29, 1.82) is 0 Å². The van der Waals surface area contributed by atoms with Crippen LogP contribution in [-0.4, -0.2) is 36.6 Å². The van der Waals surface area contributed by atoms with E-state index in [2.05, 4.69) is 13.8 Å². The first-order valence-electron chi connectivity index (χ1n) is 12.0. The number of carbonyl (C=O) groups is 2. The van der Waals surface area contributed by atoms with Gasteiger partial charge in [-0.3, -0.25) is 4.79 Å². The molecule has 0 spiro atoms. The van der Waals surface area contributed by atoms with Crippen LogP contribution in [0, 0.1) is 5.92 Å². The molecule has 7 nitrogen and oxygen atoms in total. The molecule has 3 rings (SSSR count). The second-order valence-corrected chi connectivity index (χ2v) is 8.39. The monoisotopic (exact) mass is 471 g/mol. The zero-order valence-electron chi connectivity index (χ0n) is 21.4. The van der Waals surface area contributed by atoms with E-state index < -0.39 is 5.97 Å². The van der Waals surface area contributed by atoms with Gasteiger partial charge in [0.15, 0.2) is 16.9 Å². The molecule has 1 aromatic heterocycles. The van der Waals surface area contributed by atoms with Crippen LogP contribution in [0.15, 0.2) is 29.2 Å². The van der Waals surface area contributed by atoms with E-state index in [1.54, 1.807) is 27.2 Å². The summed E-state index contributed by atoms with van der Waals surface area (Å²) in [7, 11) is 1.57. The quantitative estimate of drug-likeness (QED) is 0.368. The lowest BCUT2D eigenvalue weighted by atomic mass is 9.87. The zero-order valence-corrected chi connectivity index (χ0v) is 21.4. The van der Waals surface area contributed by atoms with Gasteiger partial charge in [-0.05, 0) is 50.3 Å². The highest BCUT2D eigenvalue weighted by Gasteiger charge is 2.29. The van der Waals surface area contributed by atoms with E-state index in [1.165, 1.54) is 6.07 Å². The number of ketones is 1. The summed E-state index contributed by atoms with van der Waals surface area (Å²) in [5.74, 6) is 0.976. The molecule has 0 saturated carbocycles. The molecule has 186 valence electrons. The number of nitrogens with zero attached hydrogens (tertiary/aromatic N) is 1. The van der Waals surface area contributed by atoms with Crippen molar-refractivity contribution in [3.8, 4) is 22.8 Å². The summed E-state index contributed by atoms with van der Waals surface area (Å²) in [6.45, 7) is 12.1. The Hall–Kier alpha value is -3.09. The van der Waals surface area contributed by atoms with Crippen LogP contribution in [0.2, 0.25) is 0 Å². The number of Topliss-reactive ketones (excluding diaryl/α,β-unsaturated/α-hetero) is 1. The molecule has 0 radical (unpaired) electrons. The largest absolute Gasteiger partial charge is 0.493 e. The Morgan fingerprint density at radius 1 is 1.15 bits per heavy atom. The van der Waals surface area contributed by atoms with Crippen molar-refractivity contribution in [2.75, 3.05) is 20.3 Å². The van der Waals surface area contributed by atoms with Crippen molar-refractivity contribution in [2.45, 2.75) is 66.8 Å². The number of ether oxygens (including phenoxy) is 3. The summed E-state index contributed by atoms with van der Waals surface area (Å²) in [6.07, 6.45) is 3.46. The molecule has 0 saturated heterocycles. The van der Waals surface area contributed by atoms with E-state index in [4.69, 9.17) is 14.2 Å². The SMILES string of the molecule is CC.CCOC(=O)c1cn2c(cc1=O)-c1cc(OC)c(OCCCC(C)=O)cc1C[C@H]2C(C)C. The van der Waals surface area contributed by atoms with Gasteiger partial charge in [-0.25, -0.2) is 4.79 Å². The number of fused-ring (bicyclic) bond motifs is 3. The van der Waals surface area contributed by atoms with Gasteiger partial charge in [0, 0.05) is 30.3 Å². The fraction of sp³-hybridized carbons (Fsp3) is 0.519. The molecule has 0 bridgehead atoms. The smallest absolute Gasteiger partial charge is 0.343 e. The molecule has 1 aromatic carbocycles. The molecule has 7 heteroatoms. The van der Waals surface area contributed by atoms with Gasteiger partial charge in [0.05, 0.1) is 26.0 Å². The Labute approximate surface area is 202 Å². The molecule has 34 heavy (non-hydrogen) atoms. The van der Waals surface area contributed by atoms with Crippen LogP contribution in [-0.2, 0) is 16.0 Å². The summed E-state index contributed by atoms with van der Waals surface area (Å²) in [5, 5.41) is 0. The van der Waals surface area contributed by atoms with Crippen molar-refractivity contribution in [3.05, 3.63) is 45.7 Å². The predicted octanol–water partition coefficient (Wildman–Crippen LogP) is 5.23. The minimum absolute atomic E-state index is 0.0436. The normalized spacial score (nSPS) is 13.8. The van der Waals surface area contributed by atoms with Crippen molar-refractivity contribution >= 4 is 11.8 Å². The highest BCUT2D eigenvalue weighted by Crippen LogP contribution is 2.42. The Morgan fingerprint density at radius 3 is 2.44 bits per heavy atom. The molecule has 2 heterocycles. The minimum atomic E-state index is -0.604. The molecule has 1 aliphatic heterocycles. The van der Waals surface area contributed by atoms with Crippen LogP contribution in [0.1, 0.15) is 76.3 Å². The maximum absolute atomic E-state index is 12.7. The van der Waals surface area contributed by atoms with Crippen LogP contribution in [0.25, 0.3) is 11.3 Å². The maximum atomic E-state index is 12.7. The number of esters is 1. The molecule has 0 aliphatic carbocycles. The summed E-state index contributed by atoms with van der Waals surface area (Å²) >= 11 is 0. The number of rotatable bonds is 9. The number of hydrogen-bond acceptors (Lipinski definition) is 6. The molecule has 0 N–H and O–H groups in total. The minimum Gasteiger partial charge on any atom is -0.493 e. The van der Waals surface area contributed by atoms with Crippen LogP contribution < -0.4 is 14.9 Å². The van der Waals surface area contributed by atoms with Crippen molar-refractivity contribution < 1.29 is 23.8 Å². The van der Waals surface area contributed by atoms with Gasteiger partial charge in [0.1, 0.15) is 11.3 Å².